The molecule has 0 fully saturated rings. The van der Waals surface area contributed by atoms with Gasteiger partial charge in [0.25, 0.3) is 0 Å². The van der Waals surface area contributed by atoms with E-state index >= 15 is 0 Å². The standard InChI is InChI=1S/C24H20N5.Ir/c1-16-11-20(18-7-5-4-6-8-18)12-17(2)23(16)29-24(25-14-27-29)19-9-10-21-22(13-19)28(3)15-26-21;/h4-8,10-15H,1-3H3;/q-1;. The minimum atomic E-state index is 0. The molecule has 0 spiro atoms. The summed E-state index contributed by atoms with van der Waals surface area (Å²) in [4.78, 5) is 8.91. The van der Waals surface area contributed by atoms with E-state index < -0.39 is 0 Å². The molecule has 5 rings (SSSR count). The van der Waals surface area contributed by atoms with Gasteiger partial charge in [-0.25, -0.2) is 0 Å². The normalized spacial score (nSPS) is 10.9. The molecule has 1 radical (unpaired) electrons. The van der Waals surface area contributed by atoms with Crippen molar-refractivity contribution in [3.63, 3.8) is 0 Å². The van der Waals surface area contributed by atoms with E-state index in [1.807, 2.05) is 34.8 Å². The number of fused-ring (bicyclic) bond motifs is 1. The van der Waals surface area contributed by atoms with Crippen LogP contribution in [0.5, 0.6) is 0 Å². The second-order valence-corrected chi connectivity index (χ2v) is 7.29. The van der Waals surface area contributed by atoms with Crippen molar-refractivity contribution in [2.24, 2.45) is 7.05 Å². The van der Waals surface area contributed by atoms with Crippen molar-refractivity contribution in [2.75, 3.05) is 0 Å². The Morgan fingerprint density at radius 3 is 2.37 bits per heavy atom. The first-order chi connectivity index (χ1) is 14.1. The van der Waals surface area contributed by atoms with Gasteiger partial charge in [-0.15, -0.1) is 23.8 Å². The number of rotatable bonds is 3. The van der Waals surface area contributed by atoms with E-state index in [-0.39, 0.29) is 20.1 Å². The molecule has 151 valence electrons. The third kappa shape index (κ3) is 3.38. The van der Waals surface area contributed by atoms with Crippen molar-refractivity contribution in [1.82, 2.24) is 24.3 Å². The predicted molar refractivity (Wildman–Crippen MR) is 115 cm³/mol. The molecular weight excluding hydrogens is 551 g/mol. The zero-order chi connectivity index (χ0) is 20.0. The van der Waals surface area contributed by atoms with Gasteiger partial charge in [-0.2, -0.15) is 5.10 Å². The predicted octanol–water partition coefficient (Wildman–Crippen LogP) is 4.90. The smallest absolute Gasteiger partial charge is 0.127 e. The first-order valence-electron chi connectivity index (χ1n) is 9.52. The summed E-state index contributed by atoms with van der Waals surface area (Å²) >= 11 is 0. The quantitative estimate of drug-likeness (QED) is 0.290. The molecule has 0 bridgehead atoms. The number of hydrogen-bond acceptors (Lipinski definition) is 3. The molecule has 0 aliphatic rings. The Bertz CT molecular complexity index is 1310. The van der Waals surface area contributed by atoms with Crippen molar-refractivity contribution in [3.8, 4) is 28.2 Å². The first kappa shape index (κ1) is 20.2. The van der Waals surface area contributed by atoms with Gasteiger partial charge >= 0.3 is 0 Å². The Labute approximate surface area is 188 Å². The summed E-state index contributed by atoms with van der Waals surface area (Å²) in [5.41, 5.74) is 8.62. The molecule has 30 heavy (non-hydrogen) atoms. The van der Waals surface area contributed by atoms with Crippen LogP contribution in [0.15, 0.2) is 67.3 Å². The molecule has 3 aromatic carbocycles. The third-order valence-corrected chi connectivity index (χ3v) is 5.26. The molecule has 0 saturated carbocycles. The molecule has 0 aliphatic heterocycles. The average Bonchev–Trinajstić information content (AvgIpc) is 3.35. The van der Waals surface area contributed by atoms with E-state index in [4.69, 9.17) is 0 Å². The van der Waals surface area contributed by atoms with Crippen molar-refractivity contribution in [2.45, 2.75) is 13.8 Å². The maximum atomic E-state index is 4.54. The summed E-state index contributed by atoms with van der Waals surface area (Å²) < 4.78 is 3.91. The minimum absolute atomic E-state index is 0. The van der Waals surface area contributed by atoms with E-state index in [9.17, 15) is 0 Å². The number of hydrogen-bond donors (Lipinski definition) is 0. The first-order valence-corrected chi connectivity index (χ1v) is 9.52. The maximum Gasteiger partial charge on any atom is 0.127 e. The molecule has 0 N–H and O–H groups in total. The van der Waals surface area contributed by atoms with Gasteiger partial charge in [0.2, 0.25) is 0 Å². The van der Waals surface area contributed by atoms with Crippen molar-refractivity contribution >= 4 is 11.0 Å². The van der Waals surface area contributed by atoms with Gasteiger partial charge < -0.3 is 4.57 Å². The molecule has 2 aromatic heterocycles. The van der Waals surface area contributed by atoms with Crippen molar-refractivity contribution in [1.29, 1.82) is 0 Å². The fourth-order valence-electron chi connectivity index (χ4n) is 3.87. The number of benzene rings is 3. The second-order valence-electron chi connectivity index (χ2n) is 7.29. The van der Waals surface area contributed by atoms with E-state index in [1.54, 1.807) is 6.33 Å². The van der Waals surface area contributed by atoms with E-state index in [0.29, 0.717) is 0 Å². The van der Waals surface area contributed by atoms with Crippen LogP contribution in [0.25, 0.3) is 39.2 Å². The second kappa shape index (κ2) is 7.98. The van der Waals surface area contributed by atoms with Crippen LogP contribution in [0.3, 0.4) is 0 Å². The molecule has 0 unspecified atom stereocenters. The Balaban J connectivity index is 0.00000218. The fraction of sp³-hybridized carbons (Fsp3) is 0.125. The summed E-state index contributed by atoms with van der Waals surface area (Å²) in [6.45, 7) is 4.24. The number of aromatic nitrogens is 5. The van der Waals surface area contributed by atoms with Gasteiger partial charge in [-0.05, 0) is 53.8 Å². The van der Waals surface area contributed by atoms with Crippen molar-refractivity contribution in [3.05, 3.63) is 84.4 Å². The number of nitrogens with zero attached hydrogens (tertiary/aromatic N) is 5. The van der Waals surface area contributed by atoms with E-state index in [1.165, 1.54) is 11.1 Å². The van der Waals surface area contributed by atoms with Gasteiger partial charge in [0.05, 0.1) is 17.8 Å². The number of aryl methyl sites for hydroxylation is 3. The van der Waals surface area contributed by atoms with E-state index in [2.05, 4.69) is 77.4 Å². The molecule has 5 nitrogen and oxygen atoms in total. The topological polar surface area (TPSA) is 48.5 Å². The van der Waals surface area contributed by atoms with Gasteiger partial charge in [0.1, 0.15) is 6.33 Å². The summed E-state index contributed by atoms with van der Waals surface area (Å²) in [5, 5.41) is 4.54. The van der Waals surface area contributed by atoms with Crippen LogP contribution in [0.2, 0.25) is 0 Å². The third-order valence-electron chi connectivity index (χ3n) is 5.26. The molecule has 0 amide bonds. The summed E-state index contributed by atoms with van der Waals surface area (Å²) in [6, 6.07) is 22.1. The van der Waals surface area contributed by atoms with Crippen LogP contribution in [-0.2, 0) is 27.2 Å². The molecule has 0 atom stereocenters. The van der Waals surface area contributed by atoms with Gasteiger partial charge in [-0.1, -0.05) is 30.3 Å². The summed E-state index contributed by atoms with van der Waals surface area (Å²) in [6.07, 6.45) is 3.41. The Kier molecular flexibility index (Phi) is 5.37. The molecule has 0 aliphatic carbocycles. The number of imidazole rings is 1. The van der Waals surface area contributed by atoms with Gasteiger partial charge in [0, 0.05) is 32.7 Å². The van der Waals surface area contributed by atoms with Crippen LogP contribution >= 0.6 is 0 Å². The zero-order valence-corrected chi connectivity index (χ0v) is 19.3. The minimum Gasteiger partial charge on any atom is -0.352 e. The maximum absolute atomic E-state index is 4.54. The van der Waals surface area contributed by atoms with Gasteiger partial charge in [0.15, 0.2) is 0 Å². The average molecular weight is 571 g/mol. The molecule has 2 heterocycles. The van der Waals surface area contributed by atoms with Crippen LogP contribution in [0, 0.1) is 19.9 Å². The van der Waals surface area contributed by atoms with Crippen LogP contribution < -0.4 is 0 Å². The molecule has 6 heteroatoms. The fourth-order valence-corrected chi connectivity index (χ4v) is 3.87. The van der Waals surface area contributed by atoms with Gasteiger partial charge in [-0.3, -0.25) is 14.6 Å². The van der Waals surface area contributed by atoms with Crippen LogP contribution in [0.4, 0.5) is 0 Å². The van der Waals surface area contributed by atoms with E-state index in [0.717, 1.165) is 39.2 Å². The van der Waals surface area contributed by atoms with Crippen molar-refractivity contribution < 1.29 is 20.1 Å². The monoisotopic (exact) mass is 571 g/mol. The Hall–Kier alpha value is -3.08. The van der Waals surface area contributed by atoms with Crippen LogP contribution in [-0.4, -0.2) is 24.3 Å². The zero-order valence-electron chi connectivity index (χ0n) is 16.9. The summed E-state index contributed by atoms with van der Waals surface area (Å²) in [5.74, 6) is 0.770. The Morgan fingerprint density at radius 2 is 1.63 bits per heavy atom. The largest absolute Gasteiger partial charge is 0.352 e. The molecule has 0 saturated heterocycles. The molecule has 5 aromatic rings. The summed E-state index contributed by atoms with van der Waals surface area (Å²) in [7, 11) is 1.99. The SMILES string of the molecule is Cc1cc(-c2ccccc2)cc(C)c1-n1ncnc1-c1[c-]cc2ncn(C)c2c1.[Ir]. The molecular formula is C24H20IrN5-. The Morgan fingerprint density at radius 1 is 0.900 bits per heavy atom. The van der Waals surface area contributed by atoms with Crippen LogP contribution in [0.1, 0.15) is 11.1 Å².